The third kappa shape index (κ3) is 2.56. The van der Waals surface area contributed by atoms with Gasteiger partial charge in [-0.25, -0.2) is 4.98 Å². The average Bonchev–Trinajstić information content (AvgIpc) is 3.09. The average molecular weight is 273 g/mol. The molecule has 6 nitrogen and oxygen atoms in total. The van der Waals surface area contributed by atoms with Gasteiger partial charge in [-0.1, -0.05) is 18.2 Å². The summed E-state index contributed by atoms with van der Waals surface area (Å²) in [5, 5.41) is 2.76. The summed E-state index contributed by atoms with van der Waals surface area (Å²) in [7, 11) is 1.84. The maximum Gasteiger partial charge on any atom is 0.256 e. The van der Waals surface area contributed by atoms with E-state index in [1.54, 1.807) is 22.9 Å². The minimum Gasteiger partial charge on any atom is -0.343 e. The molecule has 0 aliphatic carbocycles. The number of carbonyl (C=O) groups excluding carboxylic acids is 1. The SMILES string of the molecule is Cn1cc(NC(=O)c2ccccc2)nc1C1OCCO1. The lowest BCUT2D eigenvalue weighted by Crippen LogP contribution is -2.12. The molecule has 1 aromatic heterocycles. The predicted octanol–water partition coefficient (Wildman–Crippen LogP) is 1.72. The molecule has 0 spiro atoms. The van der Waals surface area contributed by atoms with Gasteiger partial charge < -0.3 is 19.4 Å². The Labute approximate surface area is 116 Å². The van der Waals surface area contributed by atoms with Crippen LogP contribution in [-0.2, 0) is 16.5 Å². The van der Waals surface area contributed by atoms with Crippen LogP contribution in [0.4, 0.5) is 5.82 Å². The van der Waals surface area contributed by atoms with Gasteiger partial charge in [0, 0.05) is 18.8 Å². The van der Waals surface area contributed by atoms with E-state index in [2.05, 4.69) is 10.3 Å². The minimum atomic E-state index is -0.456. The zero-order valence-corrected chi connectivity index (χ0v) is 11.1. The molecule has 3 rings (SSSR count). The number of amides is 1. The number of nitrogens with one attached hydrogen (secondary N) is 1. The van der Waals surface area contributed by atoms with Gasteiger partial charge in [0.25, 0.3) is 5.91 Å². The first kappa shape index (κ1) is 12.8. The Morgan fingerprint density at radius 3 is 2.70 bits per heavy atom. The number of aromatic nitrogens is 2. The van der Waals surface area contributed by atoms with E-state index in [-0.39, 0.29) is 5.91 Å². The second-order valence-corrected chi connectivity index (χ2v) is 4.49. The number of benzene rings is 1. The fourth-order valence-corrected chi connectivity index (χ4v) is 2.05. The number of aryl methyl sites for hydroxylation is 1. The molecule has 0 saturated carbocycles. The highest BCUT2D eigenvalue weighted by atomic mass is 16.7. The fraction of sp³-hybridized carbons (Fsp3) is 0.286. The molecule has 6 heteroatoms. The maximum absolute atomic E-state index is 12.0. The summed E-state index contributed by atoms with van der Waals surface area (Å²) in [6.45, 7) is 1.12. The second kappa shape index (κ2) is 5.44. The van der Waals surface area contributed by atoms with Crippen molar-refractivity contribution in [2.45, 2.75) is 6.29 Å². The van der Waals surface area contributed by atoms with E-state index < -0.39 is 6.29 Å². The number of ether oxygens (including phenoxy) is 2. The zero-order valence-electron chi connectivity index (χ0n) is 11.1. The van der Waals surface area contributed by atoms with Crippen LogP contribution in [0.1, 0.15) is 22.5 Å². The van der Waals surface area contributed by atoms with Gasteiger partial charge in [0.05, 0.1) is 13.2 Å². The van der Waals surface area contributed by atoms with Crippen LogP contribution < -0.4 is 5.32 Å². The Kier molecular flexibility index (Phi) is 3.49. The van der Waals surface area contributed by atoms with Crippen molar-refractivity contribution in [2.24, 2.45) is 7.05 Å². The van der Waals surface area contributed by atoms with Crippen LogP contribution in [0.2, 0.25) is 0 Å². The highest BCUT2D eigenvalue weighted by Gasteiger charge is 2.23. The first-order chi connectivity index (χ1) is 9.74. The lowest BCUT2D eigenvalue weighted by Gasteiger charge is -2.07. The highest BCUT2D eigenvalue weighted by molar-refractivity contribution is 6.03. The molecule has 20 heavy (non-hydrogen) atoms. The topological polar surface area (TPSA) is 65.4 Å². The van der Waals surface area contributed by atoms with Gasteiger partial charge in [0.2, 0.25) is 6.29 Å². The Balaban J connectivity index is 1.75. The Morgan fingerprint density at radius 2 is 2.00 bits per heavy atom. The predicted molar refractivity (Wildman–Crippen MR) is 72.2 cm³/mol. The van der Waals surface area contributed by atoms with E-state index in [4.69, 9.17) is 9.47 Å². The molecular weight excluding hydrogens is 258 g/mol. The molecule has 0 radical (unpaired) electrons. The summed E-state index contributed by atoms with van der Waals surface area (Å²) in [4.78, 5) is 16.4. The maximum atomic E-state index is 12.0. The van der Waals surface area contributed by atoms with Crippen LogP contribution in [0.15, 0.2) is 36.5 Å². The van der Waals surface area contributed by atoms with E-state index in [1.165, 1.54) is 0 Å². The number of rotatable bonds is 3. The Bertz CT molecular complexity index is 603. The monoisotopic (exact) mass is 273 g/mol. The quantitative estimate of drug-likeness (QED) is 0.924. The molecule has 1 aliphatic heterocycles. The number of anilines is 1. The van der Waals surface area contributed by atoms with E-state index in [9.17, 15) is 4.79 Å². The van der Waals surface area contributed by atoms with Gasteiger partial charge in [-0.2, -0.15) is 0 Å². The van der Waals surface area contributed by atoms with Gasteiger partial charge >= 0.3 is 0 Å². The van der Waals surface area contributed by atoms with Crippen LogP contribution in [0.25, 0.3) is 0 Å². The van der Waals surface area contributed by atoms with Gasteiger partial charge in [0.1, 0.15) is 0 Å². The number of imidazole rings is 1. The van der Waals surface area contributed by atoms with Gasteiger partial charge in [-0.3, -0.25) is 4.79 Å². The molecule has 1 saturated heterocycles. The molecule has 2 heterocycles. The summed E-state index contributed by atoms with van der Waals surface area (Å²) in [5.41, 5.74) is 0.591. The summed E-state index contributed by atoms with van der Waals surface area (Å²) in [6.07, 6.45) is 1.28. The van der Waals surface area contributed by atoms with E-state index in [0.29, 0.717) is 30.4 Å². The zero-order chi connectivity index (χ0) is 13.9. The molecule has 1 amide bonds. The first-order valence-electron chi connectivity index (χ1n) is 6.37. The van der Waals surface area contributed by atoms with Gasteiger partial charge in [-0.15, -0.1) is 0 Å². The van der Waals surface area contributed by atoms with E-state index in [1.807, 2.05) is 25.2 Å². The lowest BCUT2D eigenvalue weighted by atomic mass is 10.2. The molecule has 0 unspecified atom stereocenters. The molecule has 1 fully saturated rings. The molecule has 0 bridgehead atoms. The smallest absolute Gasteiger partial charge is 0.256 e. The van der Waals surface area contributed by atoms with Crippen molar-refractivity contribution in [3.8, 4) is 0 Å². The number of hydrogen-bond donors (Lipinski definition) is 1. The molecular formula is C14H15N3O3. The molecule has 1 aromatic carbocycles. The van der Waals surface area contributed by atoms with E-state index >= 15 is 0 Å². The Morgan fingerprint density at radius 1 is 1.30 bits per heavy atom. The first-order valence-corrected chi connectivity index (χ1v) is 6.37. The van der Waals surface area contributed by atoms with Crippen molar-refractivity contribution in [3.63, 3.8) is 0 Å². The molecule has 0 atom stereocenters. The van der Waals surface area contributed by atoms with Crippen LogP contribution in [0, 0.1) is 0 Å². The summed E-state index contributed by atoms with van der Waals surface area (Å²) in [5.74, 6) is 0.935. The van der Waals surface area contributed by atoms with E-state index in [0.717, 1.165) is 0 Å². The minimum absolute atomic E-state index is 0.191. The van der Waals surface area contributed by atoms with Crippen LogP contribution in [0.3, 0.4) is 0 Å². The Hall–Kier alpha value is -2.18. The van der Waals surface area contributed by atoms with Gasteiger partial charge in [-0.05, 0) is 12.1 Å². The van der Waals surface area contributed by atoms with Crippen LogP contribution in [-0.4, -0.2) is 28.7 Å². The van der Waals surface area contributed by atoms with Gasteiger partial charge in [0.15, 0.2) is 11.6 Å². The summed E-state index contributed by atoms with van der Waals surface area (Å²) >= 11 is 0. The van der Waals surface area contributed by atoms with Crippen LogP contribution >= 0.6 is 0 Å². The van der Waals surface area contributed by atoms with Crippen molar-refractivity contribution in [3.05, 3.63) is 47.9 Å². The lowest BCUT2D eigenvalue weighted by molar-refractivity contribution is -0.0523. The van der Waals surface area contributed by atoms with Crippen molar-refractivity contribution < 1.29 is 14.3 Å². The van der Waals surface area contributed by atoms with Crippen molar-refractivity contribution >= 4 is 11.7 Å². The number of carbonyl (C=O) groups is 1. The van der Waals surface area contributed by atoms with Crippen molar-refractivity contribution in [1.82, 2.24) is 9.55 Å². The fourth-order valence-electron chi connectivity index (χ4n) is 2.05. The van der Waals surface area contributed by atoms with Crippen molar-refractivity contribution in [2.75, 3.05) is 18.5 Å². The summed E-state index contributed by atoms with van der Waals surface area (Å²) in [6, 6.07) is 9.01. The number of hydrogen-bond acceptors (Lipinski definition) is 4. The normalized spacial score (nSPS) is 15.4. The standard InChI is InChI=1S/C14H15N3O3/c1-17-9-11(15-12(17)14-19-7-8-20-14)16-13(18)10-5-3-2-4-6-10/h2-6,9,14H,7-8H2,1H3,(H,16,18). The molecule has 104 valence electrons. The highest BCUT2D eigenvalue weighted by Crippen LogP contribution is 2.23. The summed E-state index contributed by atoms with van der Waals surface area (Å²) < 4.78 is 12.6. The third-order valence-electron chi connectivity index (χ3n) is 3.02. The third-order valence-corrected chi connectivity index (χ3v) is 3.02. The molecule has 2 aromatic rings. The number of nitrogens with zero attached hydrogens (tertiary/aromatic N) is 2. The molecule has 1 N–H and O–H groups in total. The molecule has 1 aliphatic rings. The second-order valence-electron chi connectivity index (χ2n) is 4.49. The largest absolute Gasteiger partial charge is 0.343 e. The van der Waals surface area contributed by atoms with Crippen molar-refractivity contribution in [1.29, 1.82) is 0 Å². The van der Waals surface area contributed by atoms with Crippen LogP contribution in [0.5, 0.6) is 0 Å².